The van der Waals surface area contributed by atoms with Gasteiger partial charge in [0.25, 0.3) is 0 Å². The smallest absolute Gasteiger partial charge is 0.322 e. The molecule has 0 aromatic heterocycles. The van der Waals surface area contributed by atoms with Crippen LogP contribution in [-0.2, 0) is 19.6 Å². The molecule has 0 aliphatic rings. The molecule has 0 aromatic rings. The highest BCUT2D eigenvalue weighted by Crippen LogP contribution is 2.04. The Bertz CT molecular complexity index is 378. The van der Waals surface area contributed by atoms with Gasteiger partial charge in [0, 0.05) is 0 Å². The second-order valence-corrected chi connectivity index (χ2v) is 6.03. The lowest BCUT2D eigenvalue weighted by Crippen LogP contribution is -2.48. The third kappa shape index (κ3) is 6.54. The van der Waals surface area contributed by atoms with E-state index in [0.717, 1.165) is 0 Å². The van der Waals surface area contributed by atoms with Crippen molar-refractivity contribution >= 4 is 33.2 Å². The van der Waals surface area contributed by atoms with E-state index in [9.17, 15) is 13.2 Å². The highest BCUT2D eigenvalue weighted by Gasteiger charge is 2.25. The third-order valence-electron chi connectivity index (χ3n) is 1.89. The fourth-order valence-corrected chi connectivity index (χ4v) is 2.78. The van der Waals surface area contributed by atoms with Gasteiger partial charge in [-0.05, 0) is 12.8 Å². The maximum absolute atomic E-state index is 11.6. The van der Waals surface area contributed by atoms with E-state index in [-0.39, 0.29) is 17.5 Å². The number of sulfonamides is 1. The summed E-state index contributed by atoms with van der Waals surface area (Å²) < 4.78 is 30.1. The van der Waals surface area contributed by atoms with Gasteiger partial charge in [0.05, 0.1) is 17.6 Å². The Hall–Kier alpha value is -0.730. The van der Waals surface area contributed by atoms with Crippen molar-refractivity contribution in [2.24, 2.45) is 11.7 Å². The molecule has 0 amide bonds. The van der Waals surface area contributed by atoms with Gasteiger partial charge in [0.1, 0.15) is 0 Å². The fraction of sp³-hybridized carbons (Fsp3) is 0.778. The zero-order valence-electron chi connectivity index (χ0n) is 10.1. The molecule has 100 valence electrons. The second kappa shape index (κ2) is 6.87. The number of nitrogens with one attached hydrogen (secondary N) is 1. The minimum absolute atomic E-state index is 0.0485. The predicted octanol–water partition coefficient (Wildman–Crippen LogP) is -0.220. The standard InChI is InChI=1S/C9H18N2O4S2/c1-4-15-7(12)5-17(13,14)11-8(6(2)3)9(10)16/h6,8,11H,4-5H2,1-3H3,(H2,10,16). The molecule has 0 bridgehead atoms. The van der Waals surface area contributed by atoms with Crippen LogP contribution in [0, 0.1) is 5.92 Å². The molecule has 0 aromatic carbocycles. The Balaban J connectivity index is 4.63. The summed E-state index contributed by atoms with van der Waals surface area (Å²) in [5.41, 5.74) is 5.42. The number of ether oxygens (including phenoxy) is 1. The van der Waals surface area contributed by atoms with Crippen molar-refractivity contribution in [1.82, 2.24) is 4.72 Å². The molecule has 6 nitrogen and oxygen atoms in total. The monoisotopic (exact) mass is 282 g/mol. The molecule has 1 atom stereocenters. The van der Waals surface area contributed by atoms with Crippen molar-refractivity contribution in [2.75, 3.05) is 12.4 Å². The maximum Gasteiger partial charge on any atom is 0.322 e. The summed E-state index contributed by atoms with van der Waals surface area (Å²) in [4.78, 5) is 11.1. The Morgan fingerprint density at radius 2 is 2.00 bits per heavy atom. The number of hydrogen-bond donors (Lipinski definition) is 2. The molecular weight excluding hydrogens is 264 g/mol. The topological polar surface area (TPSA) is 98.5 Å². The Morgan fingerprint density at radius 3 is 2.35 bits per heavy atom. The van der Waals surface area contributed by atoms with E-state index >= 15 is 0 Å². The molecule has 0 saturated heterocycles. The zero-order valence-corrected chi connectivity index (χ0v) is 11.7. The maximum atomic E-state index is 11.6. The van der Waals surface area contributed by atoms with Crippen LogP contribution in [0.25, 0.3) is 0 Å². The number of esters is 1. The normalized spacial score (nSPS) is 13.4. The molecular formula is C9H18N2O4S2. The highest BCUT2D eigenvalue weighted by atomic mass is 32.2. The molecule has 0 rings (SSSR count). The van der Waals surface area contributed by atoms with Crippen molar-refractivity contribution in [3.8, 4) is 0 Å². The Morgan fingerprint density at radius 1 is 1.47 bits per heavy atom. The van der Waals surface area contributed by atoms with E-state index < -0.39 is 27.8 Å². The van der Waals surface area contributed by atoms with E-state index in [1.807, 2.05) is 0 Å². The van der Waals surface area contributed by atoms with Crippen molar-refractivity contribution in [1.29, 1.82) is 0 Å². The van der Waals surface area contributed by atoms with E-state index in [2.05, 4.69) is 9.46 Å². The molecule has 3 N–H and O–H groups in total. The number of carbonyl (C=O) groups is 1. The van der Waals surface area contributed by atoms with Gasteiger partial charge in [0.2, 0.25) is 10.0 Å². The number of hydrogen-bond acceptors (Lipinski definition) is 5. The van der Waals surface area contributed by atoms with Gasteiger partial charge >= 0.3 is 5.97 Å². The number of thiocarbonyl (C=S) groups is 1. The predicted molar refractivity (Wildman–Crippen MR) is 69.0 cm³/mol. The third-order valence-corrected chi connectivity index (χ3v) is 3.38. The van der Waals surface area contributed by atoms with Crippen molar-refractivity contribution in [3.05, 3.63) is 0 Å². The van der Waals surface area contributed by atoms with Gasteiger partial charge in [-0.15, -0.1) is 0 Å². The summed E-state index contributed by atoms with van der Waals surface area (Å²) in [6.45, 7) is 5.29. The van der Waals surface area contributed by atoms with Gasteiger partial charge in [-0.1, -0.05) is 26.1 Å². The summed E-state index contributed by atoms with van der Waals surface area (Å²) in [5, 5.41) is 0. The van der Waals surface area contributed by atoms with Crippen LogP contribution < -0.4 is 10.5 Å². The molecule has 0 spiro atoms. The largest absolute Gasteiger partial charge is 0.465 e. The Labute approximate surface area is 107 Å². The molecule has 1 unspecified atom stereocenters. The van der Waals surface area contributed by atoms with Crippen molar-refractivity contribution in [2.45, 2.75) is 26.8 Å². The first kappa shape index (κ1) is 16.3. The van der Waals surface area contributed by atoms with Gasteiger partial charge in [-0.3, -0.25) is 4.79 Å². The number of nitrogens with two attached hydrogens (primary N) is 1. The SMILES string of the molecule is CCOC(=O)CS(=O)(=O)NC(C(N)=S)C(C)C. The lowest BCUT2D eigenvalue weighted by atomic mass is 10.1. The average Bonchev–Trinajstić information content (AvgIpc) is 2.12. The molecule has 17 heavy (non-hydrogen) atoms. The number of rotatable bonds is 7. The minimum Gasteiger partial charge on any atom is -0.465 e. The van der Waals surface area contributed by atoms with E-state index in [0.29, 0.717) is 0 Å². The summed E-state index contributed by atoms with van der Waals surface area (Å²) in [5.74, 6) is -1.62. The van der Waals surface area contributed by atoms with Gasteiger partial charge < -0.3 is 10.5 Å². The fourth-order valence-electron chi connectivity index (χ4n) is 1.12. The van der Waals surface area contributed by atoms with Crippen LogP contribution in [-0.4, -0.2) is 37.8 Å². The van der Waals surface area contributed by atoms with E-state index in [4.69, 9.17) is 18.0 Å². The van der Waals surface area contributed by atoms with Crippen LogP contribution in [0.1, 0.15) is 20.8 Å². The van der Waals surface area contributed by atoms with Gasteiger partial charge in [-0.2, -0.15) is 0 Å². The molecule has 0 fully saturated rings. The molecule has 0 heterocycles. The first-order valence-corrected chi connectivity index (χ1v) is 7.20. The van der Waals surface area contributed by atoms with Gasteiger partial charge in [-0.25, -0.2) is 13.1 Å². The van der Waals surface area contributed by atoms with Crippen molar-refractivity contribution < 1.29 is 17.9 Å². The molecule has 0 aliphatic heterocycles. The lowest BCUT2D eigenvalue weighted by Gasteiger charge is -2.20. The zero-order chi connectivity index (χ0) is 13.6. The van der Waals surface area contributed by atoms with Crippen LogP contribution in [0.4, 0.5) is 0 Å². The van der Waals surface area contributed by atoms with Gasteiger partial charge in [0.15, 0.2) is 5.75 Å². The molecule has 0 aliphatic carbocycles. The van der Waals surface area contributed by atoms with Crippen LogP contribution in [0.3, 0.4) is 0 Å². The molecule has 8 heteroatoms. The summed E-state index contributed by atoms with van der Waals surface area (Å²) >= 11 is 4.76. The quantitative estimate of drug-likeness (QED) is 0.495. The van der Waals surface area contributed by atoms with Crippen LogP contribution in [0.5, 0.6) is 0 Å². The number of carbonyl (C=O) groups excluding carboxylic acids is 1. The first-order chi connectivity index (χ1) is 7.69. The summed E-state index contributed by atoms with van der Waals surface area (Å²) in [6.07, 6.45) is 0. The van der Waals surface area contributed by atoms with Crippen LogP contribution in [0.15, 0.2) is 0 Å². The summed E-state index contributed by atoms with van der Waals surface area (Å²) in [6, 6.07) is -0.663. The molecule has 0 radical (unpaired) electrons. The van der Waals surface area contributed by atoms with E-state index in [1.54, 1.807) is 20.8 Å². The Kier molecular flexibility index (Phi) is 6.58. The van der Waals surface area contributed by atoms with Crippen molar-refractivity contribution in [3.63, 3.8) is 0 Å². The highest BCUT2D eigenvalue weighted by molar-refractivity contribution is 7.90. The molecule has 0 saturated carbocycles. The second-order valence-electron chi connectivity index (χ2n) is 3.81. The van der Waals surface area contributed by atoms with Crippen LogP contribution in [0.2, 0.25) is 0 Å². The van der Waals surface area contributed by atoms with E-state index in [1.165, 1.54) is 0 Å². The van der Waals surface area contributed by atoms with Crippen LogP contribution >= 0.6 is 12.2 Å². The first-order valence-electron chi connectivity index (χ1n) is 5.14. The average molecular weight is 282 g/mol. The lowest BCUT2D eigenvalue weighted by molar-refractivity contribution is -0.139. The minimum atomic E-state index is -3.78. The summed E-state index contributed by atoms with van der Waals surface area (Å²) in [7, 11) is -3.78.